The Bertz CT molecular complexity index is 861. The van der Waals surface area contributed by atoms with Gasteiger partial charge in [0.1, 0.15) is 12.4 Å². The van der Waals surface area contributed by atoms with E-state index in [4.69, 9.17) is 9.47 Å². The molecule has 0 aromatic heterocycles. The number of benzene rings is 2. The van der Waals surface area contributed by atoms with E-state index in [0.29, 0.717) is 32.5 Å². The van der Waals surface area contributed by atoms with Gasteiger partial charge in [-0.3, -0.25) is 4.79 Å². The van der Waals surface area contributed by atoms with Crippen molar-refractivity contribution in [2.24, 2.45) is 5.92 Å². The third-order valence-corrected chi connectivity index (χ3v) is 6.15. The Morgan fingerprint density at radius 1 is 1.03 bits per heavy atom. The SMILES string of the molecule is CCN(C(=O)C1CCN(C(=O)OCc2ccccc2)CC1)C(C)Cc1ccc(OC)cc1. The topological polar surface area (TPSA) is 59.1 Å². The van der Waals surface area contributed by atoms with Crippen molar-refractivity contribution in [2.75, 3.05) is 26.7 Å². The molecule has 1 fully saturated rings. The Morgan fingerprint density at radius 3 is 2.28 bits per heavy atom. The fourth-order valence-corrected chi connectivity index (χ4v) is 4.25. The molecule has 1 atom stereocenters. The summed E-state index contributed by atoms with van der Waals surface area (Å²) in [4.78, 5) is 29.3. The van der Waals surface area contributed by atoms with Crippen LogP contribution in [0.1, 0.15) is 37.8 Å². The molecule has 0 saturated carbocycles. The second-order valence-corrected chi connectivity index (χ2v) is 8.33. The maximum Gasteiger partial charge on any atom is 0.410 e. The molecule has 0 spiro atoms. The minimum atomic E-state index is -0.306. The summed E-state index contributed by atoms with van der Waals surface area (Å²) in [5, 5.41) is 0. The van der Waals surface area contributed by atoms with Crippen molar-refractivity contribution in [3.8, 4) is 5.75 Å². The molecular weight excluding hydrogens is 404 g/mol. The zero-order chi connectivity index (χ0) is 22.9. The molecule has 0 N–H and O–H groups in total. The Kier molecular flexibility index (Phi) is 8.54. The quantitative estimate of drug-likeness (QED) is 0.608. The molecule has 0 bridgehead atoms. The number of likely N-dealkylation sites (tertiary alicyclic amines) is 1. The summed E-state index contributed by atoms with van der Waals surface area (Å²) in [7, 11) is 1.66. The van der Waals surface area contributed by atoms with Gasteiger partial charge in [0, 0.05) is 31.6 Å². The average Bonchev–Trinajstić information content (AvgIpc) is 2.84. The van der Waals surface area contributed by atoms with E-state index in [1.165, 1.54) is 5.56 Å². The summed E-state index contributed by atoms with van der Waals surface area (Å²) in [6.45, 7) is 6.17. The number of piperidine rings is 1. The molecule has 2 aromatic rings. The fourth-order valence-electron chi connectivity index (χ4n) is 4.25. The van der Waals surface area contributed by atoms with Crippen molar-refractivity contribution in [1.82, 2.24) is 9.80 Å². The van der Waals surface area contributed by atoms with E-state index >= 15 is 0 Å². The summed E-state index contributed by atoms with van der Waals surface area (Å²) >= 11 is 0. The van der Waals surface area contributed by atoms with Gasteiger partial charge in [-0.25, -0.2) is 4.79 Å². The van der Waals surface area contributed by atoms with E-state index in [9.17, 15) is 9.59 Å². The predicted octanol–water partition coefficient (Wildman–Crippen LogP) is 4.52. The lowest BCUT2D eigenvalue weighted by Gasteiger charge is -2.36. The number of carbonyl (C=O) groups is 2. The molecule has 172 valence electrons. The highest BCUT2D eigenvalue weighted by Gasteiger charge is 2.32. The van der Waals surface area contributed by atoms with Gasteiger partial charge >= 0.3 is 6.09 Å². The van der Waals surface area contributed by atoms with Crippen LogP contribution in [0.3, 0.4) is 0 Å². The van der Waals surface area contributed by atoms with Crippen LogP contribution in [0.15, 0.2) is 54.6 Å². The molecule has 2 aromatic carbocycles. The summed E-state index contributed by atoms with van der Waals surface area (Å²) in [5.41, 5.74) is 2.15. The van der Waals surface area contributed by atoms with Gasteiger partial charge in [-0.15, -0.1) is 0 Å². The normalized spacial score (nSPS) is 15.2. The lowest BCUT2D eigenvalue weighted by atomic mass is 9.94. The highest BCUT2D eigenvalue weighted by atomic mass is 16.6. The maximum absolute atomic E-state index is 13.2. The van der Waals surface area contributed by atoms with E-state index in [1.807, 2.05) is 66.4 Å². The number of hydrogen-bond donors (Lipinski definition) is 0. The van der Waals surface area contributed by atoms with Crippen molar-refractivity contribution in [3.05, 3.63) is 65.7 Å². The Labute approximate surface area is 191 Å². The summed E-state index contributed by atoms with van der Waals surface area (Å²) in [6.07, 6.45) is 1.84. The number of methoxy groups -OCH3 is 1. The standard InChI is InChI=1S/C26H34N2O4/c1-4-28(20(2)18-21-10-12-24(31-3)13-11-21)25(29)23-14-16-27(17-15-23)26(30)32-19-22-8-6-5-7-9-22/h5-13,20,23H,4,14-19H2,1-3H3. The Balaban J connectivity index is 1.48. The maximum atomic E-state index is 13.2. The van der Waals surface area contributed by atoms with E-state index in [1.54, 1.807) is 12.0 Å². The molecule has 6 nitrogen and oxygen atoms in total. The number of likely N-dealkylation sites (N-methyl/N-ethyl adjacent to an activating group) is 1. The molecule has 3 rings (SSSR count). The molecule has 1 aliphatic heterocycles. The van der Waals surface area contributed by atoms with Gasteiger partial charge < -0.3 is 19.3 Å². The van der Waals surface area contributed by atoms with Crippen LogP contribution in [0, 0.1) is 5.92 Å². The molecular formula is C26H34N2O4. The summed E-state index contributed by atoms with van der Waals surface area (Å²) in [5.74, 6) is 0.969. The van der Waals surface area contributed by atoms with Crippen molar-refractivity contribution in [2.45, 2.75) is 45.8 Å². The van der Waals surface area contributed by atoms with Crippen LogP contribution in [-0.4, -0.2) is 54.6 Å². The lowest BCUT2D eigenvalue weighted by molar-refractivity contribution is -0.138. The molecule has 32 heavy (non-hydrogen) atoms. The van der Waals surface area contributed by atoms with Crippen LogP contribution in [0.4, 0.5) is 4.79 Å². The van der Waals surface area contributed by atoms with Crippen LogP contribution in [0.25, 0.3) is 0 Å². The van der Waals surface area contributed by atoms with Gasteiger partial charge in [0.15, 0.2) is 0 Å². The first-order valence-corrected chi connectivity index (χ1v) is 11.4. The highest BCUT2D eigenvalue weighted by molar-refractivity contribution is 5.79. The molecule has 2 amide bonds. The zero-order valence-corrected chi connectivity index (χ0v) is 19.3. The van der Waals surface area contributed by atoms with Crippen LogP contribution >= 0.6 is 0 Å². The number of hydrogen-bond acceptors (Lipinski definition) is 4. The van der Waals surface area contributed by atoms with Crippen LogP contribution in [0.5, 0.6) is 5.75 Å². The molecule has 1 aliphatic rings. The Morgan fingerprint density at radius 2 is 1.69 bits per heavy atom. The fraction of sp³-hybridized carbons (Fsp3) is 0.462. The molecule has 1 saturated heterocycles. The van der Waals surface area contributed by atoms with Gasteiger partial charge in [0.25, 0.3) is 0 Å². The number of ether oxygens (including phenoxy) is 2. The van der Waals surface area contributed by atoms with E-state index < -0.39 is 0 Å². The van der Waals surface area contributed by atoms with Gasteiger partial charge in [-0.05, 0) is 56.4 Å². The smallest absolute Gasteiger partial charge is 0.410 e. The largest absolute Gasteiger partial charge is 0.497 e. The minimum Gasteiger partial charge on any atom is -0.497 e. The van der Waals surface area contributed by atoms with Gasteiger partial charge in [-0.1, -0.05) is 42.5 Å². The van der Waals surface area contributed by atoms with Crippen molar-refractivity contribution < 1.29 is 19.1 Å². The highest BCUT2D eigenvalue weighted by Crippen LogP contribution is 2.23. The van der Waals surface area contributed by atoms with Crippen LogP contribution in [-0.2, 0) is 22.6 Å². The van der Waals surface area contributed by atoms with Gasteiger partial charge in [-0.2, -0.15) is 0 Å². The van der Waals surface area contributed by atoms with Crippen LogP contribution in [0.2, 0.25) is 0 Å². The molecule has 1 unspecified atom stereocenters. The van der Waals surface area contributed by atoms with E-state index in [2.05, 4.69) is 6.92 Å². The summed E-state index contributed by atoms with van der Waals surface area (Å²) in [6, 6.07) is 17.8. The number of amides is 2. The molecule has 0 aliphatic carbocycles. The number of carbonyl (C=O) groups excluding carboxylic acids is 2. The van der Waals surface area contributed by atoms with Crippen molar-refractivity contribution in [1.29, 1.82) is 0 Å². The first-order chi connectivity index (χ1) is 15.5. The molecule has 6 heteroatoms. The van der Waals surface area contributed by atoms with Crippen LogP contribution < -0.4 is 4.74 Å². The molecule has 0 radical (unpaired) electrons. The first-order valence-electron chi connectivity index (χ1n) is 11.4. The summed E-state index contributed by atoms with van der Waals surface area (Å²) < 4.78 is 10.7. The van der Waals surface area contributed by atoms with E-state index in [0.717, 1.165) is 17.7 Å². The predicted molar refractivity (Wildman–Crippen MR) is 124 cm³/mol. The van der Waals surface area contributed by atoms with Crippen molar-refractivity contribution in [3.63, 3.8) is 0 Å². The third-order valence-electron chi connectivity index (χ3n) is 6.15. The third kappa shape index (κ3) is 6.25. The number of nitrogens with zero attached hydrogens (tertiary/aromatic N) is 2. The van der Waals surface area contributed by atoms with E-state index in [-0.39, 0.29) is 30.6 Å². The van der Waals surface area contributed by atoms with Crippen molar-refractivity contribution >= 4 is 12.0 Å². The van der Waals surface area contributed by atoms with Gasteiger partial charge in [0.05, 0.1) is 7.11 Å². The monoisotopic (exact) mass is 438 g/mol. The first kappa shape index (κ1) is 23.6. The lowest BCUT2D eigenvalue weighted by Crippen LogP contribution is -2.47. The second-order valence-electron chi connectivity index (χ2n) is 8.33. The Hall–Kier alpha value is -3.02. The number of rotatable bonds is 8. The van der Waals surface area contributed by atoms with Gasteiger partial charge in [0.2, 0.25) is 5.91 Å². The zero-order valence-electron chi connectivity index (χ0n) is 19.3. The minimum absolute atomic E-state index is 0.0496. The average molecular weight is 439 g/mol. The second kappa shape index (κ2) is 11.6. The molecule has 1 heterocycles.